The van der Waals surface area contributed by atoms with Crippen LogP contribution in [0.25, 0.3) is 0 Å². The molecule has 0 spiro atoms. The van der Waals surface area contributed by atoms with Crippen molar-refractivity contribution in [1.29, 1.82) is 0 Å². The van der Waals surface area contributed by atoms with Crippen molar-refractivity contribution >= 4 is 23.5 Å². The fourth-order valence-electron chi connectivity index (χ4n) is 1.78. The summed E-state index contributed by atoms with van der Waals surface area (Å²) in [7, 11) is 0. The van der Waals surface area contributed by atoms with Gasteiger partial charge in [-0.05, 0) is 12.1 Å². The highest BCUT2D eigenvalue weighted by molar-refractivity contribution is 5.93. The van der Waals surface area contributed by atoms with Crippen LogP contribution >= 0.6 is 0 Å². The molecule has 8 nitrogen and oxygen atoms in total. The lowest BCUT2D eigenvalue weighted by atomic mass is 10.3. The third kappa shape index (κ3) is 5.07. The van der Waals surface area contributed by atoms with Crippen molar-refractivity contribution in [3.05, 3.63) is 18.2 Å². The van der Waals surface area contributed by atoms with Crippen LogP contribution in [-0.4, -0.2) is 37.2 Å². The molecule has 0 bridgehead atoms. The zero-order valence-corrected chi connectivity index (χ0v) is 12.6. The minimum absolute atomic E-state index is 0.0774. The SMILES string of the molecule is CC(=O)NCCC(=O)OCC(=O)Nc1ccc2c(c1)OC(F)(F)O2. The van der Waals surface area contributed by atoms with Crippen LogP contribution in [0.4, 0.5) is 14.5 Å². The number of nitrogens with one attached hydrogen (secondary N) is 2. The number of carbonyl (C=O) groups is 3. The molecule has 0 saturated heterocycles. The van der Waals surface area contributed by atoms with Gasteiger partial charge in [-0.2, -0.15) is 0 Å². The van der Waals surface area contributed by atoms with E-state index < -0.39 is 24.8 Å². The molecule has 10 heteroatoms. The first-order valence-corrected chi connectivity index (χ1v) is 6.85. The van der Waals surface area contributed by atoms with Gasteiger partial charge in [-0.25, -0.2) is 0 Å². The van der Waals surface area contributed by atoms with E-state index in [-0.39, 0.29) is 36.1 Å². The largest absolute Gasteiger partial charge is 0.586 e. The molecule has 0 aliphatic carbocycles. The standard InChI is InChI=1S/C14H14F2N2O6/c1-8(19)17-5-4-13(21)22-7-12(20)18-9-2-3-10-11(6-9)24-14(15,16)23-10/h2-3,6H,4-5,7H2,1H3,(H,17,19)(H,18,20). The van der Waals surface area contributed by atoms with E-state index in [1.807, 2.05) is 0 Å². The molecule has 0 unspecified atom stereocenters. The van der Waals surface area contributed by atoms with Gasteiger partial charge in [0.05, 0.1) is 6.42 Å². The van der Waals surface area contributed by atoms with Crippen LogP contribution < -0.4 is 20.1 Å². The van der Waals surface area contributed by atoms with Crippen molar-refractivity contribution in [2.75, 3.05) is 18.5 Å². The van der Waals surface area contributed by atoms with Gasteiger partial charge in [-0.3, -0.25) is 14.4 Å². The van der Waals surface area contributed by atoms with Crippen molar-refractivity contribution in [3.63, 3.8) is 0 Å². The minimum atomic E-state index is -3.74. The average molecular weight is 344 g/mol. The van der Waals surface area contributed by atoms with Gasteiger partial charge in [0.15, 0.2) is 18.1 Å². The molecule has 2 rings (SSSR count). The van der Waals surface area contributed by atoms with E-state index in [0.717, 1.165) is 6.07 Å². The molecule has 0 fully saturated rings. The van der Waals surface area contributed by atoms with E-state index in [0.29, 0.717) is 0 Å². The summed E-state index contributed by atoms with van der Waals surface area (Å²) in [5.41, 5.74) is 0.175. The minimum Gasteiger partial charge on any atom is -0.456 e. The van der Waals surface area contributed by atoms with Crippen LogP contribution in [0, 0.1) is 0 Å². The van der Waals surface area contributed by atoms with Crippen molar-refractivity contribution in [2.24, 2.45) is 0 Å². The van der Waals surface area contributed by atoms with Gasteiger partial charge in [0.2, 0.25) is 5.91 Å². The number of esters is 1. The topological polar surface area (TPSA) is 103 Å². The van der Waals surface area contributed by atoms with Gasteiger partial charge in [-0.1, -0.05) is 0 Å². The number of halogens is 2. The van der Waals surface area contributed by atoms with E-state index in [2.05, 4.69) is 20.1 Å². The summed E-state index contributed by atoms with van der Waals surface area (Å²) in [4.78, 5) is 33.6. The number of amides is 2. The molecule has 130 valence electrons. The molecular weight excluding hydrogens is 330 g/mol. The summed E-state index contributed by atoms with van der Waals surface area (Å²) in [6, 6.07) is 3.71. The maximum absolute atomic E-state index is 12.9. The fourth-order valence-corrected chi connectivity index (χ4v) is 1.78. The van der Waals surface area contributed by atoms with Gasteiger partial charge in [0, 0.05) is 25.2 Å². The Kier molecular flexibility index (Phi) is 5.17. The Morgan fingerprint density at radius 3 is 2.62 bits per heavy atom. The number of hydrogen-bond acceptors (Lipinski definition) is 6. The van der Waals surface area contributed by atoms with Gasteiger partial charge in [0.1, 0.15) is 0 Å². The normalized spacial score (nSPS) is 14.0. The first-order chi connectivity index (χ1) is 11.2. The predicted molar refractivity (Wildman–Crippen MR) is 75.5 cm³/mol. The summed E-state index contributed by atoms with van der Waals surface area (Å²) >= 11 is 0. The Morgan fingerprint density at radius 2 is 1.92 bits per heavy atom. The zero-order valence-electron chi connectivity index (χ0n) is 12.6. The van der Waals surface area contributed by atoms with Crippen molar-refractivity contribution in [1.82, 2.24) is 5.32 Å². The number of ether oxygens (including phenoxy) is 3. The Bertz CT molecular complexity index is 665. The lowest BCUT2D eigenvalue weighted by molar-refractivity contribution is -0.286. The second-order valence-electron chi connectivity index (χ2n) is 4.77. The second-order valence-corrected chi connectivity index (χ2v) is 4.77. The number of fused-ring (bicyclic) bond motifs is 1. The van der Waals surface area contributed by atoms with Crippen molar-refractivity contribution in [2.45, 2.75) is 19.6 Å². The number of carbonyl (C=O) groups excluding carboxylic acids is 3. The van der Waals surface area contributed by atoms with Crippen LogP contribution in [-0.2, 0) is 19.1 Å². The van der Waals surface area contributed by atoms with Crippen LogP contribution in [0.5, 0.6) is 11.5 Å². The molecule has 1 aliphatic heterocycles. The molecule has 1 aromatic carbocycles. The summed E-state index contributed by atoms with van der Waals surface area (Å²) in [6.07, 6.45) is -3.82. The molecule has 1 aromatic rings. The highest BCUT2D eigenvalue weighted by Gasteiger charge is 2.43. The second kappa shape index (κ2) is 7.11. The van der Waals surface area contributed by atoms with Gasteiger partial charge in [-0.15, -0.1) is 8.78 Å². The third-order valence-corrected chi connectivity index (χ3v) is 2.75. The number of hydrogen-bond donors (Lipinski definition) is 2. The van der Waals surface area contributed by atoms with Crippen LogP contribution in [0.2, 0.25) is 0 Å². The molecule has 0 aromatic heterocycles. The molecule has 24 heavy (non-hydrogen) atoms. The number of anilines is 1. The van der Waals surface area contributed by atoms with E-state index in [1.165, 1.54) is 19.1 Å². The first kappa shape index (κ1) is 17.4. The maximum Gasteiger partial charge on any atom is 0.586 e. The van der Waals surface area contributed by atoms with Crippen molar-refractivity contribution in [3.8, 4) is 11.5 Å². The Labute approximate surface area is 135 Å². The summed E-state index contributed by atoms with van der Waals surface area (Å²) in [5, 5.41) is 4.77. The predicted octanol–water partition coefficient (Wildman–Crippen LogP) is 1.02. The Hall–Kier alpha value is -2.91. The van der Waals surface area contributed by atoms with Crippen molar-refractivity contribution < 1.29 is 37.4 Å². The fraction of sp³-hybridized carbons (Fsp3) is 0.357. The molecule has 0 radical (unpaired) electrons. The average Bonchev–Trinajstić information content (AvgIpc) is 2.78. The first-order valence-electron chi connectivity index (χ1n) is 6.85. The monoisotopic (exact) mass is 344 g/mol. The molecule has 1 heterocycles. The van der Waals surface area contributed by atoms with Gasteiger partial charge < -0.3 is 24.8 Å². The Morgan fingerprint density at radius 1 is 1.21 bits per heavy atom. The van der Waals surface area contributed by atoms with Crippen LogP contribution in [0.1, 0.15) is 13.3 Å². The highest BCUT2D eigenvalue weighted by atomic mass is 19.3. The van der Waals surface area contributed by atoms with E-state index in [1.54, 1.807) is 0 Å². The summed E-state index contributed by atoms with van der Waals surface area (Å²) in [6.45, 7) is 0.857. The molecule has 2 amide bonds. The number of rotatable bonds is 6. The molecule has 1 aliphatic rings. The van der Waals surface area contributed by atoms with Crippen LogP contribution in [0.15, 0.2) is 18.2 Å². The van der Waals surface area contributed by atoms with Gasteiger partial charge >= 0.3 is 12.3 Å². The zero-order chi connectivity index (χ0) is 17.7. The quantitative estimate of drug-likeness (QED) is 0.747. The van der Waals surface area contributed by atoms with Crippen LogP contribution in [0.3, 0.4) is 0 Å². The van der Waals surface area contributed by atoms with Gasteiger partial charge in [0.25, 0.3) is 5.91 Å². The van der Waals surface area contributed by atoms with E-state index >= 15 is 0 Å². The summed E-state index contributed by atoms with van der Waals surface area (Å²) in [5.74, 6) is -1.97. The molecule has 0 atom stereocenters. The smallest absolute Gasteiger partial charge is 0.456 e. The number of alkyl halides is 2. The summed E-state index contributed by atoms with van der Waals surface area (Å²) < 4.78 is 38.9. The van der Waals surface area contributed by atoms with E-state index in [4.69, 9.17) is 4.74 Å². The highest BCUT2D eigenvalue weighted by Crippen LogP contribution is 2.42. The molecule has 2 N–H and O–H groups in total. The molecular formula is C14H14F2N2O6. The lowest BCUT2D eigenvalue weighted by Gasteiger charge is -2.07. The molecule has 0 saturated carbocycles. The third-order valence-electron chi connectivity index (χ3n) is 2.75. The Balaban J connectivity index is 1.77. The maximum atomic E-state index is 12.9. The number of benzene rings is 1. The van der Waals surface area contributed by atoms with E-state index in [9.17, 15) is 23.2 Å². The lowest BCUT2D eigenvalue weighted by Crippen LogP contribution is -2.26.